The number of Topliss-reactive ketones (excluding diaryl/α,β-unsaturated/α-hetero) is 1. The smallest absolute Gasteiger partial charge is 0.225 e. The lowest BCUT2D eigenvalue weighted by Gasteiger charge is -2.32. The highest BCUT2D eigenvalue weighted by molar-refractivity contribution is 5.98. The fraction of sp³-hybridized carbons (Fsp3) is 0.538. The number of aromatic nitrogens is 2. The number of hydrogen-bond donors (Lipinski definition) is 1. The minimum absolute atomic E-state index is 0.0561. The highest BCUT2D eigenvalue weighted by atomic mass is 19.1. The molecule has 2 aromatic rings. The molecular formula is C26H33FN4O5. The van der Waals surface area contributed by atoms with E-state index in [1.54, 1.807) is 37.5 Å². The minimum Gasteiger partial charge on any atom is -0.395 e. The van der Waals surface area contributed by atoms with Crippen molar-refractivity contribution in [2.75, 3.05) is 37.8 Å². The second-order valence-electron chi connectivity index (χ2n) is 9.25. The first-order valence-electron chi connectivity index (χ1n) is 12.4. The molecule has 9 nitrogen and oxygen atoms in total. The second kappa shape index (κ2) is 12.8. The Kier molecular flexibility index (Phi) is 9.32. The fourth-order valence-corrected chi connectivity index (χ4v) is 4.08. The van der Waals surface area contributed by atoms with Crippen molar-refractivity contribution in [2.45, 2.75) is 51.9 Å². The van der Waals surface area contributed by atoms with E-state index in [4.69, 9.17) is 14.3 Å². The van der Waals surface area contributed by atoms with Crippen LogP contribution in [0.15, 0.2) is 35.7 Å². The van der Waals surface area contributed by atoms with Gasteiger partial charge in [-0.1, -0.05) is 23.4 Å². The summed E-state index contributed by atoms with van der Waals surface area (Å²) < 4.78 is 26.0. The van der Waals surface area contributed by atoms with Crippen molar-refractivity contribution in [1.82, 2.24) is 9.97 Å². The highest BCUT2D eigenvalue weighted by Crippen LogP contribution is 2.25. The second-order valence-corrected chi connectivity index (χ2v) is 9.25. The molecular weight excluding hydrogens is 467 g/mol. The summed E-state index contributed by atoms with van der Waals surface area (Å²) in [4.78, 5) is 27.7. The highest BCUT2D eigenvalue weighted by Gasteiger charge is 2.25. The van der Waals surface area contributed by atoms with Crippen molar-refractivity contribution in [3.63, 3.8) is 0 Å². The number of ether oxygens (including phenoxy) is 2. The van der Waals surface area contributed by atoms with Crippen LogP contribution in [0.2, 0.25) is 0 Å². The molecule has 10 heteroatoms. The number of aliphatic hydroxyl groups is 1. The van der Waals surface area contributed by atoms with E-state index in [1.165, 1.54) is 0 Å². The molecule has 1 aromatic carbocycles. The van der Waals surface area contributed by atoms with Crippen LogP contribution in [-0.2, 0) is 25.7 Å². The predicted molar refractivity (Wildman–Crippen MR) is 132 cm³/mol. The van der Waals surface area contributed by atoms with Gasteiger partial charge in [-0.15, -0.1) is 0 Å². The van der Waals surface area contributed by atoms with Gasteiger partial charge in [0.1, 0.15) is 18.2 Å². The maximum atomic E-state index is 14.5. The van der Waals surface area contributed by atoms with Crippen molar-refractivity contribution in [3.05, 3.63) is 42.0 Å². The van der Waals surface area contributed by atoms with E-state index < -0.39 is 5.82 Å². The molecule has 194 valence electrons. The molecule has 0 spiro atoms. The van der Waals surface area contributed by atoms with E-state index in [0.29, 0.717) is 56.2 Å². The molecule has 3 heterocycles. The fourth-order valence-electron chi connectivity index (χ4n) is 4.08. The Morgan fingerprint density at radius 1 is 1.28 bits per heavy atom. The summed E-state index contributed by atoms with van der Waals surface area (Å²) in [6.45, 7) is 3.86. The van der Waals surface area contributed by atoms with Gasteiger partial charge in [-0.25, -0.2) is 14.4 Å². The minimum atomic E-state index is -0.467. The lowest BCUT2D eigenvalue weighted by Crippen LogP contribution is -2.48. The lowest BCUT2D eigenvalue weighted by molar-refractivity contribution is -0.172. The normalized spacial score (nSPS) is 18.5. The van der Waals surface area contributed by atoms with Crippen LogP contribution in [0.3, 0.4) is 0 Å². The van der Waals surface area contributed by atoms with E-state index in [-0.39, 0.29) is 30.2 Å². The molecule has 2 unspecified atom stereocenters. The van der Waals surface area contributed by atoms with Gasteiger partial charge in [0.05, 0.1) is 32.0 Å². The number of rotatable bonds is 12. The number of oxime groups is 1. The first-order chi connectivity index (χ1) is 17.5. The average molecular weight is 501 g/mol. The van der Waals surface area contributed by atoms with Crippen molar-refractivity contribution < 1.29 is 28.6 Å². The number of anilines is 1. The number of benzene rings is 1. The Morgan fingerprint density at radius 2 is 2.08 bits per heavy atom. The first-order valence-corrected chi connectivity index (χ1v) is 12.4. The monoisotopic (exact) mass is 500 g/mol. The molecule has 0 radical (unpaired) electrons. The third-order valence-corrected chi connectivity index (χ3v) is 6.29. The van der Waals surface area contributed by atoms with Crippen LogP contribution in [0.4, 0.5) is 10.3 Å². The summed E-state index contributed by atoms with van der Waals surface area (Å²) in [6, 6.07) is 4.87. The SMILES string of the molecule is CC(=O)CCC(CON=C1CN(c2ncc(-c3cccc(CO)c3F)cn2)C1)COC1CCCCO1. The number of hydrogen-bond acceptors (Lipinski definition) is 9. The maximum absolute atomic E-state index is 14.5. The van der Waals surface area contributed by atoms with Crippen molar-refractivity contribution in [2.24, 2.45) is 11.1 Å². The number of halogens is 1. The van der Waals surface area contributed by atoms with Gasteiger partial charge in [0.25, 0.3) is 0 Å². The van der Waals surface area contributed by atoms with E-state index in [9.17, 15) is 14.3 Å². The predicted octanol–water partition coefficient (Wildman–Crippen LogP) is 3.50. The molecule has 2 fully saturated rings. The van der Waals surface area contributed by atoms with Gasteiger partial charge in [-0.05, 0) is 32.6 Å². The van der Waals surface area contributed by atoms with E-state index in [0.717, 1.165) is 31.6 Å². The van der Waals surface area contributed by atoms with Crippen LogP contribution >= 0.6 is 0 Å². The molecule has 0 bridgehead atoms. The quantitative estimate of drug-likeness (QED) is 0.442. The van der Waals surface area contributed by atoms with Crippen molar-refractivity contribution in [1.29, 1.82) is 0 Å². The summed E-state index contributed by atoms with van der Waals surface area (Å²) in [6.07, 6.45) is 7.20. The molecule has 1 N–H and O–H groups in total. The van der Waals surface area contributed by atoms with Gasteiger partial charge in [-0.3, -0.25) is 0 Å². The maximum Gasteiger partial charge on any atom is 0.225 e. The van der Waals surface area contributed by atoms with Crippen LogP contribution in [-0.4, -0.2) is 65.8 Å². The molecule has 0 aliphatic carbocycles. The molecule has 2 atom stereocenters. The third kappa shape index (κ3) is 7.05. The third-order valence-electron chi connectivity index (χ3n) is 6.29. The molecule has 2 saturated heterocycles. The molecule has 2 aliphatic rings. The van der Waals surface area contributed by atoms with Gasteiger partial charge < -0.3 is 29.1 Å². The van der Waals surface area contributed by atoms with Gasteiger partial charge in [0.2, 0.25) is 5.95 Å². The Bertz CT molecular complexity index is 1040. The van der Waals surface area contributed by atoms with Gasteiger partial charge >= 0.3 is 0 Å². The number of carbonyl (C=O) groups excluding carboxylic acids is 1. The van der Waals surface area contributed by atoms with Crippen LogP contribution in [0, 0.1) is 11.7 Å². The zero-order chi connectivity index (χ0) is 25.3. The Labute approximate surface area is 210 Å². The van der Waals surface area contributed by atoms with E-state index in [1.807, 2.05) is 4.90 Å². The van der Waals surface area contributed by atoms with Gasteiger partial charge in [0, 0.05) is 48.0 Å². The molecule has 36 heavy (non-hydrogen) atoms. The molecule has 0 amide bonds. The summed E-state index contributed by atoms with van der Waals surface area (Å²) in [5.74, 6) is 0.257. The van der Waals surface area contributed by atoms with E-state index >= 15 is 0 Å². The molecule has 1 aromatic heterocycles. The number of aliphatic hydroxyl groups excluding tert-OH is 1. The van der Waals surface area contributed by atoms with Gasteiger partial charge in [0.15, 0.2) is 6.29 Å². The number of nitrogens with zero attached hydrogens (tertiary/aromatic N) is 4. The first kappa shape index (κ1) is 26.1. The van der Waals surface area contributed by atoms with Crippen molar-refractivity contribution >= 4 is 17.4 Å². The number of carbonyl (C=O) groups is 1. The van der Waals surface area contributed by atoms with Crippen LogP contribution in [0.1, 0.15) is 44.6 Å². The average Bonchev–Trinajstić information content (AvgIpc) is 2.87. The van der Waals surface area contributed by atoms with Crippen molar-refractivity contribution in [3.8, 4) is 11.1 Å². The zero-order valence-electron chi connectivity index (χ0n) is 20.6. The topological polar surface area (TPSA) is 106 Å². The summed E-state index contributed by atoms with van der Waals surface area (Å²) in [7, 11) is 0. The summed E-state index contributed by atoms with van der Waals surface area (Å²) in [5, 5.41) is 13.5. The Hall–Kier alpha value is -2.95. The largest absolute Gasteiger partial charge is 0.395 e. The molecule has 2 aliphatic heterocycles. The number of ketones is 1. The molecule has 4 rings (SSSR count). The van der Waals surface area contributed by atoms with Crippen LogP contribution in [0.5, 0.6) is 0 Å². The standard InChI is InChI=1S/C26H33FN4O5/c1-18(33)8-9-19(16-35-24-7-2-3-10-34-24)17-36-30-22-13-31(14-22)26-28-11-21(12-29-26)23-6-4-5-20(15-32)25(23)27/h4-6,11-12,19,24,32H,2-3,7-10,13-17H2,1H3. The Morgan fingerprint density at radius 3 is 2.78 bits per heavy atom. The zero-order valence-corrected chi connectivity index (χ0v) is 20.6. The molecule has 0 saturated carbocycles. The summed E-state index contributed by atoms with van der Waals surface area (Å²) >= 11 is 0. The van der Waals surface area contributed by atoms with Gasteiger partial charge in [-0.2, -0.15) is 0 Å². The summed E-state index contributed by atoms with van der Waals surface area (Å²) in [5.41, 5.74) is 2.00. The van der Waals surface area contributed by atoms with Crippen LogP contribution in [0.25, 0.3) is 11.1 Å². The van der Waals surface area contributed by atoms with Crippen LogP contribution < -0.4 is 4.90 Å². The van der Waals surface area contributed by atoms with E-state index in [2.05, 4.69) is 15.1 Å². The Balaban J connectivity index is 1.25. The lowest BCUT2D eigenvalue weighted by atomic mass is 10.0.